The van der Waals surface area contributed by atoms with Crippen LogP contribution in [0.4, 0.5) is 49.1 Å². The van der Waals surface area contributed by atoms with Crippen molar-refractivity contribution < 1.29 is 23.2 Å². The van der Waals surface area contributed by atoms with Gasteiger partial charge in [-0.05, 0) is 74.2 Å². The molecule has 1 aliphatic rings. The van der Waals surface area contributed by atoms with Gasteiger partial charge in [0.15, 0.2) is 5.82 Å². The van der Waals surface area contributed by atoms with Crippen LogP contribution >= 0.6 is 0 Å². The number of halogens is 2. The van der Waals surface area contributed by atoms with E-state index in [1.165, 1.54) is 12.4 Å². The Hall–Kier alpha value is -6.82. The highest BCUT2D eigenvalue weighted by atomic mass is 19.3. The number of nitrogens with one attached hydrogen (secondary N) is 5. The largest absolute Gasteiger partial charge is 0.365 e. The Morgan fingerprint density at radius 1 is 0.870 bits per heavy atom. The molecule has 0 saturated heterocycles. The Morgan fingerprint density at radius 2 is 1.46 bits per heavy atom. The maximum Gasteiger partial charge on any atom is 0.344 e. The first-order chi connectivity index (χ1) is 25.8. The number of amides is 2. The molecule has 18 heteroatoms. The molecule has 1 fully saturated rings. The summed E-state index contributed by atoms with van der Waals surface area (Å²) in [6.07, 6.45) is 3.16. The number of alkyl halides is 2. The first kappa shape index (κ1) is 38.4. The molecule has 0 unspecified atom stereocenters. The standard InChI is InChI=1S/C18H22F2N6O.C18H17N7O2/c1-10-4-2-5-11(8-10)24-16-12(15(22)27)9-23-17(26-16)25-13-6-3-7-18(19,20)14(13)21;1-11-5-4-6-12(9-11)22-17-13(16(19)26)10-21-18(23-17)27-25-15-8-3-2-7-14(15)24-20/h2,4-5,8-9,13-14H,3,6-7,21H2,1H3,(H2,22,27)(H2,23,24,25,26);2-10,20,25H,1H3,(H2,19,26)(H,21,22,23)/t13-,14-;/m1./s1. The number of benzene rings is 3. The maximum atomic E-state index is 13.8. The van der Waals surface area contributed by atoms with Crippen molar-refractivity contribution in [3.05, 3.63) is 107 Å². The van der Waals surface area contributed by atoms with Crippen LogP contribution in [0.25, 0.3) is 0 Å². The van der Waals surface area contributed by atoms with Crippen LogP contribution in [-0.4, -0.2) is 49.8 Å². The highest BCUT2D eigenvalue weighted by Gasteiger charge is 2.45. The van der Waals surface area contributed by atoms with Crippen molar-refractivity contribution in [3.8, 4) is 6.01 Å². The van der Waals surface area contributed by atoms with Crippen molar-refractivity contribution in [2.45, 2.75) is 51.1 Å². The highest BCUT2D eigenvalue weighted by molar-refractivity contribution is 5.98. The second-order valence-corrected chi connectivity index (χ2v) is 12.4. The van der Waals surface area contributed by atoms with E-state index in [0.29, 0.717) is 29.9 Å². The summed E-state index contributed by atoms with van der Waals surface area (Å²) in [6, 6.07) is 19.9. The number of anilines is 6. The van der Waals surface area contributed by atoms with E-state index >= 15 is 0 Å². The highest BCUT2D eigenvalue weighted by Crippen LogP contribution is 2.34. The molecule has 2 amide bonds. The minimum atomic E-state index is -2.94. The van der Waals surface area contributed by atoms with Gasteiger partial charge in [-0.25, -0.2) is 29.8 Å². The lowest BCUT2D eigenvalue weighted by Gasteiger charge is -2.35. The first-order valence-electron chi connectivity index (χ1n) is 16.6. The number of hydrogen-bond donors (Lipinski definition) is 8. The van der Waals surface area contributed by atoms with Gasteiger partial charge in [0, 0.05) is 30.2 Å². The Kier molecular flexibility index (Phi) is 12.2. The van der Waals surface area contributed by atoms with E-state index in [1.807, 2.05) is 62.4 Å². The SMILES string of the molecule is Cc1cccc(Nc2nc(N[C@@H]3CCCC(F)(F)[C@@H]3N)ncc2C(N)=O)c1.Cc1cccc(Nc2nc(ONc3ccccc3N=N)ncc2C(N)=O)c1. The van der Waals surface area contributed by atoms with Gasteiger partial charge in [0.1, 0.15) is 22.6 Å². The molecule has 5 aromatic rings. The number of nitrogens with two attached hydrogens (primary N) is 3. The van der Waals surface area contributed by atoms with Crippen LogP contribution < -0.4 is 43.5 Å². The van der Waals surface area contributed by atoms with Crippen molar-refractivity contribution in [1.29, 1.82) is 5.53 Å². The Morgan fingerprint density at radius 3 is 2.06 bits per heavy atom. The van der Waals surface area contributed by atoms with E-state index in [4.69, 9.17) is 27.6 Å². The van der Waals surface area contributed by atoms with Gasteiger partial charge in [0.05, 0.1) is 17.8 Å². The molecule has 2 aromatic heterocycles. The zero-order valence-electron chi connectivity index (χ0n) is 29.3. The normalized spacial score (nSPS) is 15.8. The molecule has 2 atom stereocenters. The zero-order chi connectivity index (χ0) is 38.8. The lowest BCUT2D eigenvalue weighted by Crippen LogP contribution is -2.55. The minimum Gasteiger partial charge on any atom is -0.365 e. The molecule has 0 radical (unpaired) electrons. The van der Waals surface area contributed by atoms with Gasteiger partial charge >= 0.3 is 6.01 Å². The molecule has 280 valence electrons. The van der Waals surface area contributed by atoms with Gasteiger partial charge in [0.2, 0.25) is 5.95 Å². The summed E-state index contributed by atoms with van der Waals surface area (Å²) in [5.74, 6) is -3.78. The van der Waals surface area contributed by atoms with E-state index in [2.05, 4.69) is 46.5 Å². The van der Waals surface area contributed by atoms with Gasteiger partial charge < -0.3 is 38.0 Å². The fourth-order valence-corrected chi connectivity index (χ4v) is 5.42. The van der Waals surface area contributed by atoms with E-state index in [0.717, 1.165) is 16.8 Å². The lowest BCUT2D eigenvalue weighted by atomic mass is 9.87. The van der Waals surface area contributed by atoms with Gasteiger partial charge in [-0.3, -0.25) is 9.59 Å². The number of para-hydroxylation sites is 2. The van der Waals surface area contributed by atoms with E-state index in [-0.39, 0.29) is 41.1 Å². The van der Waals surface area contributed by atoms with Gasteiger partial charge in [-0.2, -0.15) is 15.1 Å². The van der Waals surface area contributed by atoms with E-state index in [9.17, 15) is 18.4 Å². The Bertz CT molecular complexity index is 2140. The lowest BCUT2D eigenvalue weighted by molar-refractivity contribution is -0.0555. The molecule has 54 heavy (non-hydrogen) atoms. The van der Waals surface area contributed by atoms with Crippen molar-refractivity contribution in [2.75, 3.05) is 21.4 Å². The van der Waals surface area contributed by atoms with Crippen LogP contribution in [0.1, 0.15) is 51.1 Å². The van der Waals surface area contributed by atoms with Gasteiger partial charge in [-0.15, -0.1) is 0 Å². The average molecular weight is 740 g/mol. The fourth-order valence-electron chi connectivity index (χ4n) is 5.42. The monoisotopic (exact) mass is 739 g/mol. The van der Waals surface area contributed by atoms with Crippen LogP contribution in [0.5, 0.6) is 6.01 Å². The third-order valence-electron chi connectivity index (χ3n) is 8.19. The molecule has 3 aromatic carbocycles. The van der Waals surface area contributed by atoms with Crippen molar-refractivity contribution in [3.63, 3.8) is 0 Å². The van der Waals surface area contributed by atoms with Crippen molar-refractivity contribution in [1.82, 2.24) is 19.9 Å². The summed E-state index contributed by atoms with van der Waals surface area (Å²) >= 11 is 0. The third kappa shape index (κ3) is 9.94. The van der Waals surface area contributed by atoms with E-state index in [1.54, 1.807) is 24.3 Å². The number of hydrogen-bond acceptors (Lipinski definition) is 14. The molecule has 0 spiro atoms. The van der Waals surface area contributed by atoms with Crippen molar-refractivity contribution >= 4 is 52.1 Å². The summed E-state index contributed by atoms with van der Waals surface area (Å²) in [5, 5.41) is 12.3. The Labute approximate surface area is 308 Å². The number of nitrogens with zero attached hydrogens (tertiary/aromatic N) is 5. The fraction of sp³-hybridized carbons (Fsp3) is 0.222. The summed E-state index contributed by atoms with van der Waals surface area (Å²) in [7, 11) is 0. The molecule has 2 heterocycles. The van der Waals surface area contributed by atoms with Crippen LogP contribution in [0.15, 0.2) is 90.3 Å². The average Bonchev–Trinajstić information content (AvgIpc) is 3.13. The topological polar surface area (TPSA) is 257 Å². The number of carbonyl (C=O) groups is 2. The Balaban J connectivity index is 0.000000208. The summed E-state index contributed by atoms with van der Waals surface area (Å²) in [5.41, 5.74) is 30.9. The number of rotatable bonds is 12. The second-order valence-electron chi connectivity index (χ2n) is 12.4. The van der Waals surface area contributed by atoms with Crippen LogP contribution in [0, 0.1) is 19.4 Å². The van der Waals surface area contributed by atoms with Gasteiger partial charge in [0.25, 0.3) is 17.7 Å². The predicted molar refractivity (Wildman–Crippen MR) is 200 cm³/mol. The molecule has 6 rings (SSSR count). The molecular weight excluding hydrogens is 700 g/mol. The third-order valence-corrected chi connectivity index (χ3v) is 8.19. The van der Waals surface area contributed by atoms with Crippen LogP contribution in [0.2, 0.25) is 0 Å². The summed E-state index contributed by atoms with van der Waals surface area (Å²) in [6.45, 7) is 3.88. The first-order valence-corrected chi connectivity index (χ1v) is 16.6. The molecule has 11 N–H and O–H groups in total. The van der Waals surface area contributed by atoms with E-state index < -0.39 is 29.8 Å². The molecule has 1 saturated carbocycles. The van der Waals surface area contributed by atoms with Crippen LogP contribution in [-0.2, 0) is 0 Å². The summed E-state index contributed by atoms with van der Waals surface area (Å²) in [4.78, 5) is 45.2. The molecule has 1 aliphatic carbocycles. The molecular formula is C36H39F2N13O3. The number of primary amides is 2. The maximum absolute atomic E-state index is 13.8. The number of aryl methyl sites for hydroxylation is 2. The number of aromatic nitrogens is 4. The quantitative estimate of drug-likeness (QED) is 0.0522. The molecule has 16 nitrogen and oxygen atoms in total. The zero-order valence-corrected chi connectivity index (χ0v) is 29.3. The smallest absolute Gasteiger partial charge is 0.344 e. The second kappa shape index (κ2) is 17.1. The molecule has 0 bridgehead atoms. The summed E-state index contributed by atoms with van der Waals surface area (Å²) < 4.78 is 27.7. The molecule has 0 aliphatic heterocycles. The number of carbonyl (C=O) groups excluding carboxylic acids is 2. The van der Waals surface area contributed by atoms with Crippen molar-refractivity contribution in [2.24, 2.45) is 22.3 Å². The van der Waals surface area contributed by atoms with Crippen LogP contribution in [0.3, 0.4) is 0 Å². The van der Waals surface area contributed by atoms with Gasteiger partial charge in [-0.1, -0.05) is 36.4 Å². The predicted octanol–water partition coefficient (Wildman–Crippen LogP) is 6.25. The minimum absolute atomic E-state index is 0.0325.